The molecule has 0 spiro atoms. The summed E-state index contributed by atoms with van der Waals surface area (Å²) in [6.07, 6.45) is 0. The van der Waals surface area contributed by atoms with Crippen molar-refractivity contribution in [3.8, 4) is 5.75 Å². The number of carbonyl (C=O) groups excluding carboxylic acids is 2. The Kier molecular flexibility index (Phi) is 6.75. The lowest BCUT2D eigenvalue weighted by atomic mass is 9.87. The molecule has 28 heavy (non-hydrogen) atoms. The van der Waals surface area contributed by atoms with Crippen LogP contribution in [0.15, 0.2) is 40.8 Å². The molecule has 0 saturated heterocycles. The van der Waals surface area contributed by atoms with Crippen LogP contribution >= 0.6 is 0 Å². The molecule has 0 unspecified atom stereocenters. The van der Waals surface area contributed by atoms with Crippen molar-refractivity contribution in [1.82, 2.24) is 5.32 Å². The van der Waals surface area contributed by atoms with E-state index in [9.17, 15) is 19.7 Å². The van der Waals surface area contributed by atoms with Crippen molar-refractivity contribution >= 4 is 17.8 Å². The molecule has 1 aromatic carbocycles. The Hall–Kier alpha value is -3.36. The van der Waals surface area contributed by atoms with E-state index in [0.717, 1.165) is 12.1 Å². The summed E-state index contributed by atoms with van der Waals surface area (Å²) >= 11 is 0. The number of furan rings is 1. The van der Waals surface area contributed by atoms with E-state index in [1.54, 1.807) is 0 Å². The summed E-state index contributed by atoms with van der Waals surface area (Å²) in [7, 11) is 0. The quantitative estimate of drug-likeness (QED) is 0.318. The average Bonchev–Trinajstić information content (AvgIpc) is 3.13. The third kappa shape index (κ3) is 6.11. The normalized spacial score (nSPS) is 11.0. The highest BCUT2D eigenvalue weighted by Gasteiger charge is 2.19. The second-order valence-electron chi connectivity index (χ2n) is 6.94. The number of amides is 1. The zero-order valence-corrected chi connectivity index (χ0v) is 15.9. The molecule has 1 N–H and O–H groups in total. The van der Waals surface area contributed by atoms with Crippen molar-refractivity contribution < 1.29 is 28.4 Å². The molecule has 1 amide bonds. The minimum absolute atomic E-state index is 0.0600. The number of carbonyl (C=O) groups is 2. The van der Waals surface area contributed by atoms with Crippen LogP contribution in [0.1, 0.15) is 36.9 Å². The molecule has 1 heterocycles. The number of nitrogens with zero attached hydrogens (tertiary/aromatic N) is 1. The maximum absolute atomic E-state index is 11.7. The monoisotopic (exact) mass is 390 g/mol. The zero-order valence-electron chi connectivity index (χ0n) is 15.9. The first-order chi connectivity index (χ1) is 13.2. The summed E-state index contributed by atoms with van der Waals surface area (Å²) in [5.41, 5.74) is 1.25. The van der Waals surface area contributed by atoms with Gasteiger partial charge in [0, 0.05) is 0 Å². The van der Waals surface area contributed by atoms with E-state index in [1.165, 1.54) is 5.56 Å². The number of esters is 1. The van der Waals surface area contributed by atoms with E-state index >= 15 is 0 Å². The van der Waals surface area contributed by atoms with Crippen LogP contribution in [0.5, 0.6) is 5.75 Å². The SMILES string of the molecule is CC(C)(C)c1ccc(OCCNC(=O)COC(=O)c2ccc([N+](=O)[O-])o2)cc1. The predicted molar refractivity (Wildman–Crippen MR) is 99.3 cm³/mol. The Morgan fingerprint density at radius 1 is 1.14 bits per heavy atom. The van der Waals surface area contributed by atoms with Gasteiger partial charge in [-0.1, -0.05) is 32.9 Å². The maximum atomic E-state index is 11.7. The lowest BCUT2D eigenvalue weighted by Gasteiger charge is -2.19. The first-order valence-electron chi connectivity index (χ1n) is 8.58. The van der Waals surface area contributed by atoms with Gasteiger partial charge in [-0.15, -0.1) is 0 Å². The van der Waals surface area contributed by atoms with E-state index in [2.05, 4.69) is 26.1 Å². The summed E-state index contributed by atoms with van der Waals surface area (Å²) in [4.78, 5) is 33.0. The van der Waals surface area contributed by atoms with Gasteiger partial charge in [-0.25, -0.2) is 4.79 Å². The Balaban J connectivity index is 1.67. The van der Waals surface area contributed by atoms with Gasteiger partial charge in [0.2, 0.25) is 5.76 Å². The molecular formula is C19H22N2O7. The summed E-state index contributed by atoms with van der Waals surface area (Å²) in [6, 6.07) is 9.86. The van der Waals surface area contributed by atoms with E-state index in [-0.39, 0.29) is 24.3 Å². The van der Waals surface area contributed by atoms with Crippen LogP contribution < -0.4 is 10.1 Å². The number of nitrogens with one attached hydrogen (secondary N) is 1. The zero-order chi connectivity index (χ0) is 20.7. The lowest BCUT2D eigenvalue weighted by Crippen LogP contribution is -2.32. The Bertz CT molecular complexity index is 835. The number of nitro groups is 1. The smallest absolute Gasteiger partial charge is 0.433 e. The molecule has 2 rings (SSSR count). The minimum atomic E-state index is -0.960. The first-order valence-corrected chi connectivity index (χ1v) is 8.58. The highest BCUT2D eigenvalue weighted by Crippen LogP contribution is 2.24. The Labute approximate surface area is 161 Å². The van der Waals surface area contributed by atoms with Crippen molar-refractivity contribution in [2.24, 2.45) is 0 Å². The van der Waals surface area contributed by atoms with Crippen LogP contribution in [-0.2, 0) is 14.9 Å². The molecule has 0 radical (unpaired) electrons. The molecule has 0 aliphatic heterocycles. The minimum Gasteiger partial charge on any atom is -0.492 e. The second-order valence-corrected chi connectivity index (χ2v) is 6.94. The van der Waals surface area contributed by atoms with E-state index < -0.39 is 29.3 Å². The third-order valence-corrected chi connectivity index (χ3v) is 3.72. The second kappa shape index (κ2) is 9.03. The van der Waals surface area contributed by atoms with Crippen molar-refractivity contribution in [2.75, 3.05) is 19.8 Å². The van der Waals surface area contributed by atoms with E-state index in [0.29, 0.717) is 5.75 Å². The molecule has 0 aliphatic rings. The molecule has 0 aliphatic carbocycles. The summed E-state index contributed by atoms with van der Waals surface area (Å²) in [5, 5.41) is 13.0. The summed E-state index contributed by atoms with van der Waals surface area (Å²) < 4.78 is 15.0. The number of hydrogen-bond donors (Lipinski definition) is 1. The molecule has 9 heteroatoms. The molecule has 2 aromatic rings. The lowest BCUT2D eigenvalue weighted by molar-refractivity contribution is -0.402. The van der Waals surface area contributed by atoms with Gasteiger partial charge in [0.1, 0.15) is 17.3 Å². The highest BCUT2D eigenvalue weighted by atomic mass is 16.7. The molecule has 0 saturated carbocycles. The van der Waals surface area contributed by atoms with Crippen LogP contribution in [0, 0.1) is 10.1 Å². The molecular weight excluding hydrogens is 368 g/mol. The van der Waals surface area contributed by atoms with E-state index in [1.807, 2.05) is 24.3 Å². The van der Waals surface area contributed by atoms with Gasteiger partial charge in [0.25, 0.3) is 5.91 Å². The number of ether oxygens (including phenoxy) is 2. The van der Waals surface area contributed by atoms with Crippen LogP contribution in [0.4, 0.5) is 5.88 Å². The standard InChI is InChI=1S/C19H22N2O7/c1-19(2,3)13-4-6-14(7-5-13)26-11-10-20-16(22)12-27-18(23)15-8-9-17(28-15)21(24)25/h4-9H,10-12H2,1-3H3,(H,20,22). The van der Waals surface area contributed by atoms with Crippen LogP contribution in [0.3, 0.4) is 0 Å². The Morgan fingerprint density at radius 2 is 1.82 bits per heavy atom. The van der Waals surface area contributed by atoms with Gasteiger partial charge in [-0.3, -0.25) is 14.9 Å². The van der Waals surface area contributed by atoms with Crippen molar-refractivity contribution in [3.63, 3.8) is 0 Å². The summed E-state index contributed by atoms with van der Waals surface area (Å²) in [5.74, 6) is -1.72. The van der Waals surface area contributed by atoms with Crippen molar-refractivity contribution in [1.29, 1.82) is 0 Å². The van der Waals surface area contributed by atoms with Gasteiger partial charge in [-0.05, 0) is 29.2 Å². The van der Waals surface area contributed by atoms with E-state index in [4.69, 9.17) is 13.9 Å². The topological polar surface area (TPSA) is 121 Å². The number of hydrogen-bond acceptors (Lipinski definition) is 7. The largest absolute Gasteiger partial charge is 0.492 e. The fourth-order valence-electron chi connectivity index (χ4n) is 2.20. The van der Waals surface area contributed by atoms with Gasteiger partial charge >= 0.3 is 11.9 Å². The maximum Gasteiger partial charge on any atom is 0.433 e. The molecule has 0 atom stereocenters. The van der Waals surface area contributed by atoms with Crippen LogP contribution in [-0.4, -0.2) is 36.6 Å². The Morgan fingerprint density at radius 3 is 2.39 bits per heavy atom. The van der Waals surface area contributed by atoms with Gasteiger partial charge in [0.15, 0.2) is 6.61 Å². The first kappa shape index (κ1) is 20.9. The van der Waals surface area contributed by atoms with Gasteiger partial charge < -0.3 is 19.2 Å². The van der Waals surface area contributed by atoms with Crippen LogP contribution in [0.2, 0.25) is 0 Å². The fourth-order valence-corrected chi connectivity index (χ4v) is 2.20. The molecule has 150 valence electrons. The number of rotatable bonds is 8. The molecule has 9 nitrogen and oxygen atoms in total. The highest BCUT2D eigenvalue weighted by molar-refractivity contribution is 5.89. The fraction of sp³-hybridized carbons (Fsp3) is 0.368. The molecule has 0 bridgehead atoms. The average molecular weight is 390 g/mol. The predicted octanol–water partition coefficient (Wildman–Crippen LogP) is 2.84. The summed E-state index contributed by atoms with van der Waals surface area (Å²) in [6.45, 7) is 6.31. The molecule has 1 aromatic heterocycles. The van der Waals surface area contributed by atoms with Gasteiger partial charge in [0.05, 0.1) is 12.6 Å². The molecule has 0 fully saturated rings. The third-order valence-electron chi connectivity index (χ3n) is 3.72. The van der Waals surface area contributed by atoms with Crippen LogP contribution in [0.25, 0.3) is 0 Å². The van der Waals surface area contributed by atoms with Gasteiger partial charge in [-0.2, -0.15) is 0 Å². The van der Waals surface area contributed by atoms with Crippen molar-refractivity contribution in [3.05, 3.63) is 57.8 Å². The van der Waals surface area contributed by atoms with Crippen molar-refractivity contribution in [2.45, 2.75) is 26.2 Å². The number of benzene rings is 1.